The number of carbonyl (C=O) groups excluding carboxylic acids is 2. The molecule has 0 saturated heterocycles. The third-order valence-corrected chi connectivity index (χ3v) is 9.03. The van der Waals surface area contributed by atoms with Gasteiger partial charge in [-0.05, 0) is 102 Å². The molecule has 0 heterocycles. The molecule has 0 aromatic heterocycles. The number of amides is 2. The van der Waals surface area contributed by atoms with E-state index in [9.17, 15) is 18.0 Å². The number of hydrogen-bond acceptors (Lipinski definition) is 6. The second-order valence-electron chi connectivity index (χ2n) is 11.0. The van der Waals surface area contributed by atoms with E-state index >= 15 is 0 Å². The van der Waals surface area contributed by atoms with E-state index in [1.54, 1.807) is 43.3 Å². The number of aryl methyl sites for hydroxylation is 1. The van der Waals surface area contributed by atoms with Crippen LogP contribution in [0.1, 0.15) is 45.7 Å². The Balaban J connectivity index is 2.04. The highest BCUT2D eigenvalue weighted by molar-refractivity contribution is 7.98. The van der Waals surface area contributed by atoms with Crippen LogP contribution in [-0.4, -0.2) is 56.1 Å². The van der Waals surface area contributed by atoms with Gasteiger partial charge in [0, 0.05) is 17.0 Å². The fraction of sp³-hybridized carbons (Fsp3) is 0.375. The van der Waals surface area contributed by atoms with Crippen molar-refractivity contribution in [2.75, 3.05) is 23.7 Å². The maximum atomic E-state index is 14.1. The summed E-state index contributed by atoms with van der Waals surface area (Å²) in [5.74, 6) is -0.251. The third kappa shape index (κ3) is 8.75. The van der Waals surface area contributed by atoms with Gasteiger partial charge < -0.3 is 15.0 Å². The lowest BCUT2D eigenvalue weighted by Crippen LogP contribution is -2.54. The molecular formula is C32H41N3O5S2. The Morgan fingerprint density at radius 1 is 0.952 bits per heavy atom. The number of carbonyl (C=O) groups is 2. The number of rotatable bonds is 12. The molecule has 0 aliphatic carbocycles. The second-order valence-corrected chi connectivity index (χ2v) is 13.8. The molecule has 0 aliphatic heterocycles. The average molecular weight is 612 g/mol. The standard InChI is InChI=1S/C32H41N3O5S2/c1-8-40-27-15-13-26(14-16-27)35(42(38,39)29-19-17-28(41-7)18-20-29)22-30(36)34(21-25-11-9-23(2)10-12-25)24(3)31(37)33-32(4,5)6/h9-20,24H,8,21-22H2,1-7H3,(H,33,37). The van der Waals surface area contributed by atoms with Gasteiger partial charge in [0.15, 0.2) is 0 Å². The number of nitrogens with zero attached hydrogens (tertiary/aromatic N) is 2. The summed E-state index contributed by atoms with van der Waals surface area (Å²) in [6, 6.07) is 19.9. The van der Waals surface area contributed by atoms with Gasteiger partial charge in [-0.3, -0.25) is 13.9 Å². The van der Waals surface area contributed by atoms with E-state index in [-0.39, 0.29) is 17.3 Å². The maximum absolute atomic E-state index is 14.1. The molecule has 1 unspecified atom stereocenters. The summed E-state index contributed by atoms with van der Waals surface area (Å²) in [6.45, 7) is 11.2. The predicted octanol–water partition coefficient (Wildman–Crippen LogP) is 5.64. The van der Waals surface area contributed by atoms with Crippen LogP contribution in [0.3, 0.4) is 0 Å². The molecule has 1 atom stereocenters. The highest BCUT2D eigenvalue weighted by atomic mass is 32.2. The van der Waals surface area contributed by atoms with Crippen LogP contribution in [0, 0.1) is 6.92 Å². The van der Waals surface area contributed by atoms with Crippen molar-refractivity contribution in [1.29, 1.82) is 0 Å². The van der Waals surface area contributed by atoms with Gasteiger partial charge in [0.25, 0.3) is 10.0 Å². The van der Waals surface area contributed by atoms with Gasteiger partial charge in [-0.2, -0.15) is 0 Å². The fourth-order valence-corrected chi connectivity index (χ4v) is 6.05. The van der Waals surface area contributed by atoms with Crippen molar-refractivity contribution in [3.8, 4) is 5.75 Å². The lowest BCUT2D eigenvalue weighted by atomic mass is 10.1. The zero-order chi connectivity index (χ0) is 31.1. The van der Waals surface area contributed by atoms with E-state index < -0.39 is 34.1 Å². The Morgan fingerprint density at radius 3 is 2.07 bits per heavy atom. The molecule has 226 valence electrons. The minimum Gasteiger partial charge on any atom is -0.494 e. The van der Waals surface area contributed by atoms with Crippen molar-refractivity contribution in [2.45, 2.75) is 69.5 Å². The lowest BCUT2D eigenvalue weighted by Gasteiger charge is -2.33. The first-order chi connectivity index (χ1) is 19.7. The minimum atomic E-state index is -4.15. The van der Waals surface area contributed by atoms with Gasteiger partial charge >= 0.3 is 0 Å². The summed E-state index contributed by atoms with van der Waals surface area (Å²) in [7, 11) is -4.15. The second kappa shape index (κ2) is 14.1. The quantitative estimate of drug-likeness (QED) is 0.266. The first-order valence-electron chi connectivity index (χ1n) is 13.8. The number of anilines is 1. The van der Waals surface area contributed by atoms with Gasteiger partial charge in [-0.15, -0.1) is 11.8 Å². The largest absolute Gasteiger partial charge is 0.494 e. The predicted molar refractivity (Wildman–Crippen MR) is 169 cm³/mol. The summed E-state index contributed by atoms with van der Waals surface area (Å²) in [5, 5.41) is 2.94. The molecular weight excluding hydrogens is 571 g/mol. The third-order valence-electron chi connectivity index (χ3n) is 6.50. The normalized spacial score (nSPS) is 12.4. The Bertz CT molecular complexity index is 1450. The van der Waals surface area contributed by atoms with Crippen LogP contribution in [0.5, 0.6) is 5.75 Å². The molecule has 0 bridgehead atoms. The van der Waals surface area contributed by atoms with Crippen molar-refractivity contribution in [2.24, 2.45) is 0 Å². The molecule has 3 aromatic carbocycles. The van der Waals surface area contributed by atoms with Gasteiger partial charge in [0.1, 0.15) is 18.3 Å². The zero-order valence-electron chi connectivity index (χ0n) is 25.4. The van der Waals surface area contributed by atoms with Crippen LogP contribution in [0.15, 0.2) is 82.6 Å². The molecule has 8 nitrogen and oxygen atoms in total. The Hall–Kier alpha value is -3.50. The Kier molecular flexibility index (Phi) is 11.1. The number of nitrogens with one attached hydrogen (secondary N) is 1. The van der Waals surface area contributed by atoms with Crippen LogP contribution >= 0.6 is 11.8 Å². The zero-order valence-corrected chi connectivity index (χ0v) is 27.0. The number of hydrogen-bond donors (Lipinski definition) is 1. The van der Waals surface area contributed by atoms with Gasteiger partial charge in [-0.1, -0.05) is 29.8 Å². The van der Waals surface area contributed by atoms with Crippen LogP contribution < -0.4 is 14.4 Å². The summed E-state index contributed by atoms with van der Waals surface area (Å²) in [6.07, 6.45) is 1.91. The van der Waals surface area contributed by atoms with E-state index in [0.29, 0.717) is 18.0 Å². The van der Waals surface area contributed by atoms with Crippen molar-refractivity contribution in [1.82, 2.24) is 10.2 Å². The van der Waals surface area contributed by atoms with Crippen molar-refractivity contribution in [3.63, 3.8) is 0 Å². The highest BCUT2D eigenvalue weighted by Gasteiger charge is 2.33. The van der Waals surface area contributed by atoms with Gasteiger partial charge in [0.05, 0.1) is 17.2 Å². The molecule has 0 radical (unpaired) electrons. The Labute approximate surface area is 254 Å². The molecule has 42 heavy (non-hydrogen) atoms. The minimum absolute atomic E-state index is 0.0607. The summed E-state index contributed by atoms with van der Waals surface area (Å²) in [4.78, 5) is 29.7. The maximum Gasteiger partial charge on any atom is 0.264 e. The van der Waals surface area contributed by atoms with E-state index in [4.69, 9.17) is 4.74 Å². The molecule has 0 spiro atoms. The van der Waals surface area contributed by atoms with Gasteiger partial charge in [-0.25, -0.2) is 8.42 Å². The van der Waals surface area contributed by atoms with Crippen LogP contribution in [0.4, 0.5) is 5.69 Å². The summed E-state index contributed by atoms with van der Waals surface area (Å²) >= 11 is 1.50. The van der Waals surface area contributed by atoms with Crippen molar-refractivity contribution in [3.05, 3.63) is 83.9 Å². The van der Waals surface area contributed by atoms with Crippen LogP contribution in [0.25, 0.3) is 0 Å². The highest BCUT2D eigenvalue weighted by Crippen LogP contribution is 2.28. The molecule has 0 aliphatic rings. The number of benzene rings is 3. The smallest absolute Gasteiger partial charge is 0.264 e. The van der Waals surface area contributed by atoms with E-state index in [1.807, 2.05) is 65.1 Å². The van der Waals surface area contributed by atoms with E-state index in [0.717, 1.165) is 20.3 Å². The lowest BCUT2D eigenvalue weighted by molar-refractivity contribution is -0.140. The molecule has 3 aromatic rings. The SMILES string of the molecule is CCOc1ccc(N(CC(=O)N(Cc2ccc(C)cc2)C(C)C(=O)NC(C)(C)C)S(=O)(=O)c2ccc(SC)cc2)cc1. The fourth-order valence-electron chi connectivity index (χ4n) is 4.23. The Morgan fingerprint density at radius 2 is 1.55 bits per heavy atom. The molecule has 10 heteroatoms. The molecule has 1 N–H and O–H groups in total. The number of ether oxygens (including phenoxy) is 1. The molecule has 0 fully saturated rings. The van der Waals surface area contributed by atoms with Crippen LogP contribution in [-0.2, 0) is 26.2 Å². The summed E-state index contributed by atoms with van der Waals surface area (Å²) in [5.41, 5.74) is 1.69. The molecule has 3 rings (SSSR count). The first kappa shape index (κ1) is 33.0. The van der Waals surface area contributed by atoms with Crippen molar-refractivity contribution >= 4 is 39.3 Å². The monoisotopic (exact) mass is 611 g/mol. The van der Waals surface area contributed by atoms with Crippen LogP contribution in [0.2, 0.25) is 0 Å². The first-order valence-corrected chi connectivity index (χ1v) is 16.5. The number of sulfonamides is 1. The molecule has 2 amide bonds. The van der Waals surface area contributed by atoms with Crippen molar-refractivity contribution < 1.29 is 22.7 Å². The van der Waals surface area contributed by atoms with Gasteiger partial charge in [0.2, 0.25) is 11.8 Å². The van der Waals surface area contributed by atoms with E-state index in [2.05, 4.69) is 5.32 Å². The topological polar surface area (TPSA) is 96.0 Å². The van der Waals surface area contributed by atoms with E-state index in [1.165, 1.54) is 28.8 Å². The summed E-state index contributed by atoms with van der Waals surface area (Å²) < 4.78 is 34.7. The average Bonchev–Trinajstić information content (AvgIpc) is 2.95. The number of thioether (sulfide) groups is 1. The molecule has 0 saturated carbocycles.